The molecule has 111 valence electrons. The first-order valence-electron chi connectivity index (χ1n) is 7.18. The van der Waals surface area contributed by atoms with E-state index in [2.05, 4.69) is 19.2 Å². The molecule has 20 heavy (non-hydrogen) atoms. The van der Waals surface area contributed by atoms with Gasteiger partial charge in [0.05, 0.1) is 11.6 Å². The predicted molar refractivity (Wildman–Crippen MR) is 85.6 cm³/mol. The standard InChI is InChI=1S/C16H22Cl2NO/c1-11(7-13-9-19-6-5-12(13)2)10-20-16-4-3-14(17)8-15(16)18/h3-4,8,11-13,19H,1,5-7,9-10H2,2H3. The summed E-state index contributed by atoms with van der Waals surface area (Å²) in [6.07, 6.45) is 2.33. The largest absolute Gasteiger partial charge is 0.492 e. The summed E-state index contributed by atoms with van der Waals surface area (Å²) in [7, 11) is 0. The minimum Gasteiger partial charge on any atom is -0.492 e. The fraction of sp³-hybridized carbons (Fsp3) is 0.562. The van der Waals surface area contributed by atoms with Crippen molar-refractivity contribution in [3.63, 3.8) is 0 Å². The Morgan fingerprint density at radius 2 is 2.25 bits per heavy atom. The van der Waals surface area contributed by atoms with Crippen LogP contribution < -0.4 is 10.1 Å². The number of benzene rings is 1. The van der Waals surface area contributed by atoms with Crippen LogP contribution in [0.3, 0.4) is 0 Å². The van der Waals surface area contributed by atoms with Crippen LogP contribution in [0.1, 0.15) is 19.8 Å². The van der Waals surface area contributed by atoms with Crippen LogP contribution in [-0.2, 0) is 0 Å². The summed E-state index contributed by atoms with van der Waals surface area (Å²) >= 11 is 12.0. The molecule has 0 amide bonds. The Morgan fingerprint density at radius 1 is 1.45 bits per heavy atom. The normalized spacial score (nSPS) is 24.4. The maximum Gasteiger partial charge on any atom is 0.137 e. The number of nitrogens with one attached hydrogen (secondary N) is 1. The highest BCUT2D eigenvalue weighted by molar-refractivity contribution is 6.35. The van der Waals surface area contributed by atoms with Gasteiger partial charge in [-0.3, -0.25) is 0 Å². The summed E-state index contributed by atoms with van der Waals surface area (Å²) in [5, 5.41) is 4.63. The summed E-state index contributed by atoms with van der Waals surface area (Å²) in [6, 6.07) is 5.29. The molecule has 1 aliphatic rings. The van der Waals surface area contributed by atoms with Crippen LogP contribution in [0.15, 0.2) is 18.2 Å². The average molecular weight is 315 g/mol. The van der Waals surface area contributed by atoms with Gasteiger partial charge in [0.15, 0.2) is 0 Å². The fourth-order valence-electron chi connectivity index (χ4n) is 2.67. The first-order chi connectivity index (χ1) is 9.56. The van der Waals surface area contributed by atoms with Crippen molar-refractivity contribution >= 4 is 23.2 Å². The first kappa shape index (κ1) is 15.9. The summed E-state index contributed by atoms with van der Waals surface area (Å²) in [6.45, 7) is 9.35. The molecule has 1 aromatic carbocycles. The Labute approximate surface area is 131 Å². The van der Waals surface area contributed by atoms with Gasteiger partial charge in [0.2, 0.25) is 0 Å². The third-order valence-corrected chi connectivity index (χ3v) is 4.52. The average Bonchev–Trinajstić information content (AvgIpc) is 2.40. The zero-order valence-electron chi connectivity index (χ0n) is 11.9. The lowest BCUT2D eigenvalue weighted by molar-refractivity contribution is 0.198. The quantitative estimate of drug-likeness (QED) is 0.866. The van der Waals surface area contributed by atoms with Crippen molar-refractivity contribution in [3.8, 4) is 5.75 Å². The molecule has 0 saturated carbocycles. The maximum absolute atomic E-state index is 6.09. The lowest BCUT2D eigenvalue weighted by Gasteiger charge is -2.31. The highest BCUT2D eigenvalue weighted by Gasteiger charge is 2.23. The molecule has 0 spiro atoms. The van der Waals surface area contributed by atoms with Gasteiger partial charge in [-0.15, -0.1) is 0 Å². The molecule has 0 aromatic heterocycles. The minimum atomic E-state index is 0.272. The van der Waals surface area contributed by atoms with E-state index in [0.29, 0.717) is 28.3 Å². The van der Waals surface area contributed by atoms with E-state index >= 15 is 0 Å². The molecule has 4 heteroatoms. The molecule has 1 fully saturated rings. The molecule has 1 saturated heterocycles. The Kier molecular flexibility index (Phi) is 6.01. The predicted octanol–water partition coefficient (Wildman–Crippen LogP) is 4.46. The smallest absolute Gasteiger partial charge is 0.137 e. The zero-order chi connectivity index (χ0) is 14.5. The number of ether oxygens (including phenoxy) is 1. The third-order valence-electron chi connectivity index (χ3n) is 3.99. The van der Waals surface area contributed by atoms with Crippen molar-refractivity contribution in [1.29, 1.82) is 0 Å². The van der Waals surface area contributed by atoms with E-state index in [1.807, 2.05) is 6.07 Å². The van der Waals surface area contributed by atoms with Crippen molar-refractivity contribution in [2.45, 2.75) is 19.8 Å². The highest BCUT2D eigenvalue weighted by atomic mass is 35.5. The molecule has 3 unspecified atom stereocenters. The van der Waals surface area contributed by atoms with Crippen LogP contribution in [0.5, 0.6) is 5.75 Å². The number of piperidine rings is 1. The van der Waals surface area contributed by atoms with Gasteiger partial charge in [0.25, 0.3) is 0 Å². The summed E-state index contributed by atoms with van der Waals surface area (Å²) in [5.74, 6) is 2.41. The zero-order valence-corrected chi connectivity index (χ0v) is 13.4. The number of rotatable bonds is 5. The van der Waals surface area contributed by atoms with E-state index in [9.17, 15) is 0 Å². The third kappa shape index (κ3) is 4.54. The van der Waals surface area contributed by atoms with Crippen molar-refractivity contribution in [2.75, 3.05) is 19.7 Å². The number of hydrogen-bond donors (Lipinski definition) is 1. The van der Waals surface area contributed by atoms with Crippen LogP contribution in [0.25, 0.3) is 0 Å². The van der Waals surface area contributed by atoms with Crippen LogP contribution in [0.2, 0.25) is 10.0 Å². The summed E-state index contributed by atoms with van der Waals surface area (Å²) in [4.78, 5) is 0. The maximum atomic E-state index is 6.09. The Bertz CT molecular complexity index is 438. The molecular formula is C16H22Cl2NO. The monoisotopic (exact) mass is 314 g/mol. The lowest BCUT2D eigenvalue weighted by atomic mass is 9.82. The number of halogens is 2. The summed E-state index contributed by atoms with van der Waals surface area (Å²) in [5.41, 5.74) is 0. The van der Waals surface area contributed by atoms with E-state index in [1.54, 1.807) is 12.1 Å². The van der Waals surface area contributed by atoms with Gasteiger partial charge in [-0.2, -0.15) is 0 Å². The van der Waals surface area contributed by atoms with Crippen molar-refractivity contribution in [1.82, 2.24) is 5.32 Å². The molecule has 1 N–H and O–H groups in total. The van der Waals surface area contributed by atoms with Crippen LogP contribution in [-0.4, -0.2) is 19.7 Å². The fourth-order valence-corrected chi connectivity index (χ4v) is 3.13. The van der Waals surface area contributed by atoms with Gasteiger partial charge in [-0.25, -0.2) is 0 Å². The molecule has 2 rings (SSSR count). The van der Waals surface area contributed by atoms with Crippen LogP contribution >= 0.6 is 23.2 Å². The summed E-state index contributed by atoms with van der Waals surface area (Å²) < 4.78 is 5.76. The van der Waals surface area contributed by atoms with Gasteiger partial charge < -0.3 is 10.1 Å². The van der Waals surface area contributed by atoms with E-state index < -0.39 is 0 Å². The second kappa shape index (κ2) is 7.53. The molecule has 3 atom stereocenters. The molecule has 1 radical (unpaired) electrons. The van der Waals surface area contributed by atoms with E-state index in [-0.39, 0.29) is 5.92 Å². The molecule has 1 aliphatic heterocycles. The Balaban J connectivity index is 1.81. The molecule has 1 aromatic rings. The second-order valence-electron chi connectivity index (χ2n) is 5.72. The van der Waals surface area contributed by atoms with Crippen molar-refractivity contribution in [2.24, 2.45) is 17.8 Å². The second-order valence-corrected chi connectivity index (χ2v) is 6.56. The number of hydrogen-bond acceptors (Lipinski definition) is 2. The Hall–Kier alpha value is -0.440. The Morgan fingerprint density at radius 3 is 2.95 bits per heavy atom. The molecular weight excluding hydrogens is 293 g/mol. The van der Waals surface area contributed by atoms with Crippen molar-refractivity contribution < 1.29 is 4.74 Å². The van der Waals surface area contributed by atoms with Gasteiger partial charge in [0, 0.05) is 5.02 Å². The minimum absolute atomic E-state index is 0.272. The van der Waals surface area contributed by atoms with Crippen LogP contribution in [0, 0.1) is 24.7 Å². The van der Waals surface area contributed by atoms with Crippen molar-refractivity contribution in [3.05, 3.63) is 35.2 Å². The van der Waals surface area contributed by atoms with Gasteiger partial charge >= 0.3 is 0 Å². The highest BCUT2D eigenvalue weighted by Crippen LogP contribution is 2.29. The van der Waals surface area contributed by atoms with Gasteiger partial charge in [-0.1, -0.05) is 30.1 Å². The molecule has 1 heterocycles. The van der Waals surface area contributed by atoms with E-state index in [0.717, 1.165) is 25.4 Å². The topological polar surface area (TPSA) is 21.3 Å². The van der Waals surface area contributed by atoms with E-state index in [4.69, 9.17) is 27.9 Å². The lowest BCUT2D eigenvalue weighted by Crippen LogP contribution is -2.36. The van der Waals surface area contributed by atoms with E-state index in [1.165, 1.54) is 6.42 Å². The van der Waals surface area contributed by atoms with Crippen LogP contribution in [0.4, 0.5) is 0 Å². The first-order valence-corrected chi connectivity index (χ1v) is 7.93. The van der Waals surface area contributed by atoms with Gasteiger partial charge in [-0.05, 0) is 68.8 Å². The van der Waals surface area contributed by atoms with Gasteiger partial charge in [0.1, 0.15) is 5.75 Å². The molecule has 2 nitrogen and oxygen atoms in total. The SMILES string of the molecule is [CH2]C(COc1ccc(Cl)cc1Cl)CC1CNCCC1C. The molecule has 0 aliphatic carbocycles. The molecule has 0 bridgehead atoms.